The first kappa shape index (κ1) is 16.6. The molecule has 0 N–H and O–H groups in total. The fourth-order valence-electron chi connectivity index (χ4n) is 2.06. The van der Waals surface area contributed by atoms with Gasteiger partial charge in [-0.15, -0.1) is 0 Å². The summed E-state index contributed by atoms with van der Waals surface area (Å²) in [6.07, 6.45) is -5.09. The topological polar surface area (TPSA) is 54.5 Å². The quantitative estimate of drug-likeness (QED) is 0.709. The van der Waals surface area contributed by atoms with Crippen LogP contribution in [-0.2, 0) is 20.0 Å². The predicted octanol–water partition coefficient (Wildman–Crippen LogP) is 3.14. The molecule has 1 heterocycles. The van der Waals surface area contributed by atoms with Crippen molar-refractivity contribution >= 4 is 47.3 Å². The molecule has 1 unspecified atom stereocenters. The predicted molar refractivity (Wildman–Crippen MR) is 74.7 cm³/mol. The van der Waals surface area contributed by atoms with Gasteiger partial charge in [-0.2, -0.15) is 13.2 Å². The number of nitrogens with zero attached hydrogens (tertiary/aromatic N) is 1. The normalized spacial score (nSPS) is 20.1. The Bertz CT molecular complexity index is 692. The Labute approximate surface area is 131 Å². The lowest BCUT2D eigenvalue weighted by Crippen LogP contribution is -2.29. The lowest BCUT2D eigenvalue weighted by molar-refractivity contribution is -0.137. The average molecular weight is 407 g/mol. The van der Waals surface area contributed by atoms with Crippen molar-refractivity contribution in [3.05, 3.63) is 28.2 Å². The lowest BCUT2D eigenvalue weighted by atomic mass is 10.1. The van der Waals surface area contributed by atoms with Gasteiger partial charge in [-0.25, -0.2) is 8.42 Å². The van der Waals surface area contributed by atoms with Gasteiger partial charge in [-0.05, 0) is 18.2 Å². The zero-order chi connectivity index (χ0) is 16.0. The molecule has 0 spiro atoms. The largest absolute Gasteiger partial charge is 0.418 e. The van der Waals surface area contributed by atoms with E-state index in [1.165, 1.54) is 6.07 Å². The average Bonchev–Trinajstić information content (AvgIpc) is 2.69. The second-order valence-electron chi connectivity index (χ2n) is 4.47. The second-order valence-corrected chi connectivity index (χ2v) is 8.29. The van der Waals surface area contributed by atoms with E-state index < -0.39 is 44.9 Å². The van der Waals surface area contributed by atoms with E-state index in [-0.39, 0.29) is 5.69 Å². The Hall–Kier alpha value is -0.800. The molecule has 1 aliphatic rings. The van der Waals surface area contributed by atoms with Crippen molar-refractivity contribution in [2.75, 3.05) is 11.4 Å². The molecule has 21 heavy (non-hydrogen) atoms. The first-order valence-electron chi connectivity index (χ1n) is 5.60. The smallest absolute Gasteiger partial charge is 0.310 e. The van der Waals surface area contributed by atoms with E-state index in [0.29, 0.717) is 4.47 Å². The minimum atomic E-state index is -4.66. The summed E-state index contributed by atoms with van der Waals surface area (Å²) >= 11 is 3.04. The van der Waals surface area contributed by atoms with Gasteiger partial charge in [0.05, 0.1) is 11.3 Å². The molecule has 4 nitrogen and oxygen atoms in total. The second kappa shape index (κ2) is 5.44. The molecule has 0 radical (unpaired) electrons. The molecule has 116 valence electrons. The molecular formula is C11H8BrClF3NO3S. The first-order chi connectivity index (χ1) is 9.50. The lowest BCUT2D eigenvalue weighted by Gasteiger charge is -2.21. The van der Waals surface area contributed by atoms with Crippen LogP contribution in [0.1, 0.15) is 12.0 Å². The maximum atomic E-state index is 13.0. The van der Waals surface area contributed by atoms with Gasteiger partial charge in [-0.3, -0.25) is 4.79 Å². The van der Waals surface area contributed by atoms with Crippen LogP contribution in [0.15, 0.2) is 22.7 Å². The molecule has 1 aliphatic heterocycles. The molecular weight excluding hydrogens is 399 g/mol. The van der Waals surface area contributed by atoms with Crippen LogP contribution in [0.4, 0.5) is 18.9 Å². The Morgan fingerprint density at radius 2 is 1.95 bits per heavy atom. The monoisotopic (exact) mass is 405 g/mol. The molecule has 0 bridgehead atoms. The number of amides is 1. The number of rotatable bonds is 2. The van der Waals surface area contributed by atoms with Gasteiger partial charge in [0.1, 0.15) is 5.25 Å². The molecule has 1 atom stereocenters. The van der Waals surface area contributed by atoms with Crippen molar-refractivity contribution in [1.82, 2.24) is 0 Å². The number of halogens is 5. The summed E-state index contributed by atoms with van der Waals surface area (Å²) in [5.41, 5.74) is -1.39. The fourth-order valence-corrected chi connectivity index (χ4v) is 3.44. The van der Waals surface area contributed by atoms with Crippen molar-refractivity contribution in [2.24, 2.45) is 0 Å². The Balaban J connectivity index is 2.48. The third-order valence-electron chi connectivity index (χ3n) is 3.04. The molecule has 0 aliphatic carbocycles. The summed E-state index contributed by atoms with van der Waals surface area (Å²) in [5, 5.41) is -1.22. The summed E-state index contributed by atoms with van der Waals surface area (Å²) in [5.74, 6) is -0.715. The molecule has 1 fully saturated rings. The van der Waals surface area contributed by atoms with Crippen molar-refractivity contribution in [3.63, 3.8) is 0 Å². The summed E-state index contributed by atoms with van der Waals surface area (Å²) in [6.45, 7) is -0.399. The summed E-state index contributed by atoms with van der Waals surface area (Å²) < 4.78 is 61.8. The van der Waals surface area contributed by atoms with Crippen LogP contribution in [0.5, 0.6) is 0 Å². The van der Waals surface area contributed by atoms with E-state index in [4.69, 9.17) is 10.7 Å². The minimum Gasteiger partial charge on any atom is -0.310 e. The number of anilines is 1. The van der Waals surface area contributed by atoms with Gasteiger partial charge in [0.15, 0.2) is 0 Å². The van der Waals surface area contributed by atoms with Crippen LogP contribution >= 0.6 is 26.6 Å². The van der Waals surface area contributed by atoms with Crippen LogP contribution in [0, 0.1) is 0 Å². The van der Waals surface area contributed by atoms with E-state index in [1.54, 1.807) is 0 Å². The minimum absolute atomic E-state index is 0.343. The summed E-state index contributed by atoms with van der Waals surface area (Å²) in [7, 11) is 1.16. The van der Waals surface area contributed by atoms with Crippen LogP contribution in [0.3, 0.4) is 0 Å². The number of carbonyl (C=O) groups is 1. The van der Waals surface area contributed by atoms with E-state index in [0.717, 1.165) is 17.0 Å². The van der Waals surface area contributed by atoms with Crippen molar-refractivity contribution in [3.8, 4) is 0 Å². The molecule has 2 rings (SSSR count). The Morgan fingerprint density at radius 3 is 2.43 bits per heavy atom. The van der Waals surface area contributed by atoms with Crippen LogP contribution < -0.4 is 4.90 Å². The molecule has 1 aromatic carbocycles. The molecule has 1 amide bonds. The Morgan fingerprint density at radius 1 is 1.33 bits per heavy atom. The van der Waals surface area contributed by atoms with Gasteiger partial charge >= 0.3 is 6.18 Å². The van der Waals surface area contributed by atoms with Gasteiger partial charge in [0.25, 0.3) is 0 Å². The zero-order valence-electron chi connectivity index (χ0n) is 10.2. The standard InChI is InChI=1S/C11H8BrClF3NO3S/c12-6-1-2-8(11(14,15)16)9(3-6)17-5-7(4-10(17)18)21(13,19)20/h1-3,7H,4-5H2. The van der Waals surface area contributed by atoms with Crippen LogP contribution in [0.25, 0.3) is 0 Å². The molecule has 10 heteroatoms. The van der Waals surface area contributed by atoms with Gasteiger partial charge in [0.2, 0.25) is 15.0 Å². The summed E-state index contributed by atoms with van der Waals surface area (Å²) in [6, 6.07) is 3.15. The molecule has 1 saturated heterocycles. The third-order valence-corrected chi connectivity index (χ3v) is 5.40. The highest BCUT2D eigenvalue weighted by atomic mass is 79.9. The van der Waals surface area contributed by atoms with E-state index in [1.807, 2.05) is 0 Å². The number of carbonyl (C=O) groups excluding carboxylic acids is 1. The number of alkyl halides is 3. The number of benzene rings is 1. The Kier molecular flexibility index (Phi) is 4.29. The zero-order valence-corrected chi connectivity index (χ0v) is 13.4. The molecule has 0 aromatic heterocycles. The number of hydrogen-bond acceptors (Lipinski definition) is 3. The van der Waals surface area contributed by atoms with Crippen LogP contribution in [-0.4, -0.2) is 26.1 Å². The maximum absolute atomic E-state index is 13.0. The van der Waals surface area contributed by atoms with Crippen molar-refractivity contribution in [1.29, 1.82) is 0 Å². The SMILES string of the molecule is O=C1CC(S(=O)(=O)Cl)CN1c1cc(Br)ccc1C(F)(F)F. The maximum Gasteiger partial charge on any atom is 0.418 e. The summed E-state index contributed by atoms with van der Waals surface area (Å²) in [4.78, 5) is 12.6. The highest BCUT2D eigenvalue weighted by molar-refractivity contribution is 9.10. The number of hydrogen-bond donors (Lipinski definition) is 0. The van der Waals surface area contributed by atoms with Crippen molar-refractivity contribution < 1.29 is 26.4 Å². The molecule has 1 aromatic rings. The first-order valence-corrected chi connectivity index (χ1v) is 8.77. The molecule has 0 saturated carbocycles. The van der Waals surface area contributed by atoms with E-state index in [2.05, 4.69) is 15.9 Å². The fraction of sp³-hybridized carbons (Fsp3) is 0.364. The van der Waals surface area contributed by atoms with Gasteiger partial charge in [-0.1, -0.05) is 15.9 Å². The highest BCUT2D eigenvalue weighted by Gasteiger charge is 2.42. The highest BCUT2D eigenvalue weighted by Crippen LogP contribution is 2.40. The van der Waals surface area contributed by atoms with Gasteiger partial charge in [0, 0.05) is 28.1 Å². The van der Waals surface area contributed by atoms with Gasteiger partial charge < -0.3 is 4.90 Å². The van der Waals surface area contributed by atoms with Crippen molar-refractivity contribution in [2.45, 2.75) is 17.8 Å². The van der Waals surface area contributed by atoms with E-state index in [9.17, 15) is 26.4 Å². The van der Waals surface area contributed by atoms with E-state index >= 15 is 0 Å². The van der Waals surface area contributed by atoms with Crippen LogP contribution in [0.2, 0.25) is 0 Å². The third kappa shape index (κ3) is 3.51.